The van der Waals surface area contributed by atoms with E-state index < -0.39 is 0 Å². The number of nitrogens with zero attached hydrogens (tertiary/aromatic N) is 1. The Morgan fingerprint density at radius 1 is 1.26 bits per heavy atom. The topological polar surface area (TPSA) is 69.8 Å². The van der Waals surface area contributed by atoms with Crippen LogP contribution in [0.3, 0.4) is 0 Å². The number of pyridine rings is 1. The Morgan fingerprint density at radius 2 is 2.11 bits per heavy atom. The molecular weight excluding hydrogens is 336 g/mol. The number of aromatic amines is 1. The molecule has 0 unspecified atom stereocenters. The minimum Gasteiger partial charge on any atom is -0.361 e. The predicted molar refractivity (Wildman–Crippen MR) is 112 cm³/mol. The number of amides is 2. The number of hydrogen-bond acceptors (Lipinski definition) is 2. The maximum atomic E-state index is 11.8. The van der Waals surface area contributed by atoms with Crippen LogP contribution in [0.2, 0.25) is 0 Å². The minimum absolute atomic E-state index is 0.126. The van der Waals surface area contributed by atoms with Crippen molar-refractivity contribution in [2.24, 2.45) is 0 Å². The number of allylic oxidation sites excluding steroid dienone is 1. The molecule has 27 heavy (non-hydrogen) atoms. The number of nitrogens with one attached hydrogen (secondary N) is 3. The maximum Gasteiger partial charge on any atom is 0.315 e. The number of hydrogen-bond donors (Lipinski definition) is 3. The van der Waals surface area contributed by atoms with Gasteiger partial charge in [-0.15, -0.1) is 0 Å². The van der Waals surface area contributed by atoms with E-state index in [0.29, 0.717) is 13.1 Å². The van der Waals surface area contributed by atoms with Gasteiger partial charge in [-0.25, -0.2) is 4.79 Å². The van der Waals surface area contributed by atoms with Gasteiger partial charge in [-0.1, -0.05) is 37.6 Å². The number of unbranched alkanes of at least 4 members (excludes halogenated alkanes) is 3. The lowest BCUT2D eigenvalue weighted by Gasteiger charge is -2.07. The highest BCUT2D eigenvalue weighted by Gasteiger charge is 2.06. The molecular formula is C22H30N4O. The molecule has 0 radical (unpaired) electrons. The third-order valence-electron chi connectivity index (χ3n) is 4.41. The van der Waals surface area contributed by atoms with Crippen LogP contribution in [0.15, 0.2) is 43.4 Å². The third kappa shape index (κ3) is 7.13. The summed E-state index contributed by atoms with van der Waals surface area (Å²) in [7, 11) is 0. The molecule has 0 aliphatic heterocycles. The van der Waals surface area contributed by atoms with Gasteiger partial charge in [0.05, 0.1) is 0 Å². The minimum atomic E-state index is -0.126. The van der Waals surface area contributed by atoms with Crippen molar-refractivity contribution in [3.05, 3.63) is 65.8 Å². The van der Waals surface area contributed by atoms with Crippen molar-refractivity contribution in [1.82, 2.24) is 20.6 Å². The first kappa shape index (κ1) is 20.5. The predicted octanol–water partition coefficient (Wildman–Crippen LogP) is 4.69. The lowest BCUT2D eigenvalue weighted by atomic mass is 10.0. The standard InChI is InChI=1S/C22H30N4O/c1-3-10-20-19(17-25-21(20)4-2)12-7-5-6-8-14-24-22(27)26-16-18-11-9-13-23-15-18/h3-4,9-11,13,15,17,25H,2,5-8,12,14,16H2,1H3,(H2,24,26,27)/b10-3-. The van der Waals surface area contributed by atoms with E-state index in [1.165, 1.54) is 11.1 Å². The molecule has 5 heteroatoms. The Kier molecular flexibility index (Phi) is 8.90. The van der Waals surface area contributed by atoms with Crippen LogP contribution in [0.4, 0.5) is 4.79 Å². The Labute approximate surface area is 162 Å². The highest BCUT2D eigenvalue weighted by molar-refractivity contribution is 5.73. The van der Waals surface area contributed by atoms with E-state index in [4.69, 9.17) is 0 Å². The number of rotatable bonds is 11. The fraction of sp³-hybridized carbons (Fsp3) is 0.364. The van der Waals surface area contributed by atoms with Crippen LogP contribution in [0.5, 0.6) is 0 Å². The molecule has 0 saturated carbocycles. The summed E-state index contributed by atoms with van der Waals surface area (Å²) in [6, 6.07) is 3.68. The number of aromatic nitrogens is 2. The molecule has 5 nitrogen and oxygen atoms in total. The van der Waals surface area contributed by atoms with Crippen LogP contribution in [-0.2, 0) is 13.0 Å². The summed E-state index contributed by atoms with van der Waals surface area (Å²) < 4.78 is 0. The zero-order chi connectivity index (χ0) is 19.3. The first-order valence-electron chi connectivity index (χ1n) is 9.60. The molecule has 0 aliphatic rings. The molecule has 0 aliphatic carbocycles. The first-order chi connectivity index (χ1) is 13.2. The van der Waals surface area contributed by atoms with Crippen molar-refractivity contribution < 1.29 is 4.79 Å². The maximum absolute atomic E-state index is 11.8. The second-order valence-corrected chi connectivity index (χ2v) is 6.48. The van der Waals surface area contributed by atoms with Gasteiger partial charge in [0.15, 0.2) is 0 Å². The molecule has 0 saturated heterocycles. The van der Waals surface area contributed by atoms with E-state index in [1.54, 1.807) is 12.4 Å². The average molecular weight is 367 g/mol. The Balaban J connectivity index is 1.55. The largest absolute Gasteiger partial charge is 0.361 e. The number of urea groups is 1. The van der Waals surface area contributed by atoms with E-state index in [9.17, 15) is 4.79 Å². The lowest BCUT2D eigenvalue weighted by Crippen LogP contribution is -2.35. The van der Waals surface area contributed by atoms with Crippen molar-refractivity contribution in [2.75, 3.05) is 6.54 Å². The van der Waals surface area contributed by atoms with Crippen LogP contribution in [0.1, 0.15) is 55.0 Å². The molecule has 0 aromatic carbocycles. The summed E-state index contributed by atoms with van der Waals surface area (Å²) in [4.78, 5) is 19.1. The van der Waals surface area contributed by atoms with Gasteiger partial charge in [-0.05, 0) is 49.5 Å². The monoisotopic (exact) mass is 366 g/mol. The van der Waals surface area contributed by atoms with Crippen molar-refractivity contribution in [3.63, 3.8) is 0 Å². The zero-order valence-corrected chi connectivity index (χ0v) is 16.1. The SMILES string of the molecule is C=Cc1[nH]cc(CCCCCCNC(=O)NCc2cccnc2)c1/C=C\C. The molecule has 144 valence electrons. The Hall–Kier alpha value is -2.82. The van der Waals surface area contributed by atoms with E-state index in [-0.39, 0.29) is 6.03 Å². The van der Waals surface area contributed by atoms with Crippen molar-refractivity contribution in [2.45, 2.75) is 45.6 Å². The molecule has 2 aromatic rings. The van der Waals surface area contributed by atoms with Crippen molar-refractivity contribution in [3.8, 4) is 0 Å². The second-order valence-electron chi connectivity index (χ2n) is 6.48. The van der Waals surface area contributed by atoms with Gasteiger partial charge >= 0.3 is 6.03 Å². The van der Waals surface area contributed by atoms with Crippen molar-refractivity contribution in [1.29, 1.82) is 0 Å². The number of carbonyl (C=O) groups excluding carboxylic acids is 1. The van der Waals surface area contributed by atoms with E-state index >= 15 is 0 Å². The summed E-state index contributed by atoms with van der Waals surface area (Å²) in [5.74, 6) is 0. The Morgan fingerprint density at radius 3 is 2.85 bits per heavy atom. The first-order valence-corrected chi connectivity index (χ1v) is 9.60. The van der Waals surface area contributed by atoms with Gasteiger partial charge in [0.1, 0.15) is 0 Å². The van der Waals surface area contributed by atoms with Crippen LogP contribution >= 0.6 is 0 Å². The quantitative estimate of drug-likeness (QED) is 0.505. The summed E-state index contributed by atoms with van der Waals surface area (Å²) in [6.45, 7) is 7.08. The summed E-state index contributed by atoms with van der Waals surface area (Å²) >= 11 is 0. The highest BCUT2D eigenvalue weighted by Crippen LogP contribution is 2.19. The molecule has 0 atom stereocenters. The zero-order valence-electron chi connectivity index (χ0n) is 16.1. The van der Waals surface area contributed by atoms with Gasteiger partial charge in [-0.2, -0.15) is 0 Å². The summed E-state index contributed by atoms with van der Waals surface area (Å²) in [5, 5.41) is 5.74. The van der Waals surface area contributed by atoms with Gasteiger partial charge in [0.2, 0.25) is 0 Å². The van der Waals surface area contributed by atoms with Crippen LogP contribution < -0.4 is 10.6 Å². The normalized spacial score (nSPS) is 10.9. The summed E-state index contributed by atoms with van der Waals surface area (Å²) in [5.41, 5.74) is 4.68. The average Bonchev–Trinajstić information content (AvgIpc) is 3.08. The molecule has 0 bridgehead atoms. The summed E-state index contributed by atoms with van der Waals surface area (Å²) in [6.07, 6.45) is 17.1. The lowest BCUT2D eigenvalue weighted by molar-refractivity contribution is 0.240. The number of aryl methyl sites for hydroxylation is 1. The van der Waals surface area contributed by atoms with Crippen LogP contribution in [0, 0.1) is 0 Å². The molecule has 2 aromatic heterocycles. The number of H-pyrrole nitrogens is 1. The molecule has 0 spiro atoms. The van der Waals surface area contributed by atoms with E-state index in [0.717, 1.165) is 43.4 Å². The molecule has 2 heterocycles. The van der Waals surface area contributed by atoms with E-state index in [2.05, 4.69) is 45.5 Å². The number of carbonyl (C=O) groups is 1. The third-order valence-corrected chi connectivity index (χ3v) is 4.41. The molecule has 2 amide bonds. The van der Waals surface area contributed by atoms with E-state index in [1.807, 2.05) is 25.1 Å². The van der Waals surface area contributed by atoms with Crippen LogP contribution in [-0.4, -0.2) is 22.5 Å². The van der Waals surface area contributed by atoms with Gasteiger partial charge < -0.3 is 15.6 Å². The second kappa shape index (κ2) is 11.7. The molecule has 2 rings (SSSR count). The molecule has 0 fully saturated rings. The fourth-order valence-corrected chi connectivity index (χ4v) is 2.98. The fourth-order valence-electron chi connectivity index (χ4n) is 2.98. The van der Waals surface area contributed by atoms with Gasteiger partial charge in [0.25, 0.3) is 0 Å². The van der Waals surface area contributed by atoms with Crippen molar-refractivity contribution >= 4 is 18.2 Å². The Bertz CT molecular complexity index is 734. The smallest absolute Gasteiger partial charge is 0.315 e. The molecule has 3 N–H and O–H groups in total. The highest BCUT2D eigenvalue weighted by atomic mass is 16.2. The van der Waals surface area contributed by atoms with Crippen LogP contribution in [0.25, 0.3) is 12.2 Å². The van der Waals surface area contributed by atoms with Gasteiger partial charge in [0, 0.05) is 42.9 Å². The van der Waals surface area contributed by atoms with Gasteiger partial charge in [-0.3, -0.25) is 4.98 Å².